The van der Waals surface area contributed by atoms with E-state index in [1.54, 1.807) is 13.2 Å². The molecule has 0 spiro atoms. The van der Waals surface area contributed by atoms with Crippen molar-refractivity contribution in [2.45, 2.75) is 69.9 Å². The van der Waals surface area contributed by atoms with Crippen LogP contribution >= 0.6 is 0 Å². The molecule has 2 aromatic carbocycles. The zero-order valence-corrected chi connectivity index (χ0v) is 23.7. The molecule has 1 saturated carbocycles. The minimum atomic E-state index is -3.91. The number of hydrogen-bond donors (Lipinski definition) is 2. The molecule has 1 amide bonds. The van der Waals surface area contributed by atoms with E-state index >= 15 is 0 Å². The van der Waals surface area contributed by atoms with Gasteiger partial charge in [0, 0.05) is 54.1 Å². The largest absolute Gasteiger partial charge is 0.497 e. The first-order chi connectivity index (χ1) is 17.9. The highest BCUT2D eigenvalue weighted by Crippen LogP contribution is 2.49. The van der Waals surface area contributed by atoms with Gasteiger partial charge in [-0.3, -0.25) is 4.79 Å². The molecule has 1 aromatic heterocycles. The molecule has 0 bridgehead atoms. The topological polar surface area (TPSA) is 107 Å². The van der Waals surface area contributed by atoms with Crippen LogP contribution in [0, 0.1) is 0 Å². The second kappa shape index (κ2) is 9.70. The van der Waals surface area contributed by atoms with Gasteiger partial charge in [-0.15, -0.1) is 0 Å². The number of rotatable bonds is 5. The van der Waals surface area contributed by atoms with Gasteiger partial charge in [0.25, 0.3) is 5.91 Å². The van der Waals surface area contributed by atoms with Gasteiger partial charge in [0.15, 0.2) is 0 Å². The SMILES string of the molecule is COc1ccc2c(c1)C(C)C(C)(N)Cn1c-2c(C2CCCCC2)c2ccc(C(=O)NS(=O)(=O)N(C)C)cc21. The van der Waals surface area contributed by atoms with Gasteiger partial charge >= 0.3 is 10.2 Å². The van der Waals surface area contributed by atoms with Gasteiger partial charge in [0.05, 0.1) is 12.8 Å². The van der Waals surface area contributed by atoms with E-state index in [0.717, 1.165) is 50.6 Å². The lowest BCUT2D eigenvalue weighted by Crippen LogP contribution is -2.44. The van der Waals surface area contributed by atoms with E-state index in [1.807, 2.05) is 18.2 Å². The van der Waals surface area contributed by atoms with E-state index in [1.165, 1.54) is 38.9 Å². The minimum absolute atomic E-state index is 0.0541. The predicted molar refractivity (Wildman–Crippen MR) is 151 cm³/mol. The van der Waals surface area contributed by atoms with Gasteiger partial charge < -0.3 is 15.0 Å². The van der Waals surface area contributed by atoms with E-state index in [4.69, 9.17) is 10.5 Å². The van der Waals surface area contributed by atoms with Gasteiger partial charge in [-0.25, -0.2) is 4.72 Å². The number of aromatic nitrogens is 1. The molecule has 5 rings (SSSR count). The Kier molecular flexibility index (Phi) is 6.82. The Morgan fingerprint density at radius 2 is 1.84 bits per heavy atom. The molecule has 8 nitrogen and oxygen atoms in total. The summed E-state index contributed by atoms with van der Waals surface area (Å²) in [5.74, 6) is 0.608. The lowest BCUT2D eigenvalue weighted by Gasteiger charge is -2.31. The Bertz CT molecular complexity index is 1500. The monoisotopic (exact) mass is 538 g/mol. The smallest absolute Gasteiger partial charge is 0.303 e. The summed E-state index contributed by atoms with van der Waals surface area (Å²) in [4.78, 5) is 13.0. The van der Waals surface area contributed by atoms with Crippen LogP contribution in [0.5, 0.6) is 5.75 Å². The van der Waals surface area contributed by atoms with Crippen LogP contribution in [0.1, 0.15) is 79.3 Å². The highest BCUT2D eigenvalue weighted by Gasteiger charge is 2.38. The van der Waals surface area contributed by atoms with Crippen LogP contribution < -0.4 is 15.2 Å². The summed E-state index contributed by atoms with van der Waals surface area (Å²) in [6, 6.07) is 11.8. The van der Waals surface area contributed by atoms with Crippen molar-refractivity contribution in [1.82, 2.24) is 13.6 Å². The first-order valence-corrected chi connectivity index (χ1v) is 14.8. The molecule has 2 unspecified atom stereocenters. The Hall–Kier alpha value is -2.88. The highest BCUT2D eigenvalue weighted by atomic mass is 32.2. The highest BCUT2D eigenvalue weighted by molar-refractivity contribution is 7.87. The number of methoxy groups -OCH3 is 1. The molecule has 3 N–H and O–H groups in total. The van der Waals surface area contributed by atoms with Crippen molar-refractivity contribution in [3.05, 3.63) is 53.1 Å². The number of carbonyl (C=O) groups excluding carboxylic acids is 1. The van der Waals surface area contributed by atoms with Crippen LogP contribution in [0.2, 0.25) is 0 Å². The molecule has 1 aliphatic heterocycles. The molecular formula is C29H38N4O4S. The van der Waals surface area contributed by atoms with Crippen molar-refractivity contribution < 1.29 is 17.9 Å². The fourth-order valence-corrected chi connectivity index (χ4v) is 6.65. The second-order valence-electron chi connectivity index (χ2n) is 11.3. The van der Waals surface area contributed by atoms with Crippen LogP contribution in [-0.4, -0.2) is 49.9 Å². The Balaban J connectivity index is 1.78. The number of hydrogen-bond acceptors (Lipinski definition) is 5. The zero-order chi connectivity index (χ0) is 27.4. The number of nitrogens with two attached hydrogens (primary N) is 1. The quantitative estimate of drug-likeness (QED) is 0.488. The first-order valence-electron chi connectivity index (χ1n) is 13.3. The van der Waals surface area contributed by atoms with E-state index in [-0.39, 0.29) is 5.92 Å². The third-order valence-corrected chi connectivity index (χ3v) is 9.95. The fourth-order valence-electron chi connectivity index (χ4n) is 6.12. The number of nitrogens with one attached hydrogen (secondary N) is 1. The van der Waals surface area contributed by atoms with Gasteiger partial charge in [-0.05, 0) is 67.1 Å². The molecule has 1 aliphatic carbocycles. The molecule has 1 fully saturated rings. The molecular weight excluding hydrogens is 500 g/mol. The molecule has 2 aliphatic rings. The molecule has 2 atom stereocenters. The second-order valence-corrected chi connectivity index (χ2v) is 13.2. The van der Waals surface area contributed by atoms with Crippen molar-refractivity contribution >= 4 is 27.0 Å². The maximum absolute atomic E-state index is 13.0. The molecule has 2 heterocycles. The van der Waals surface area contributed by atoms with Crippen molar-refractivity contribution in [3.63, 3.8) is 0 Å². The standard InChI is InChI=1S/C29H38N4O4S/c1-18-24-16-21(37-5)12-14-22(24)27-26(19-9-7-6-8-10-19)23-13-11-20(28(34)31-38(35,36)32(3)4)15-25(23)33(27)17-29(18,2)30/h11-16,18-19H,6-10,17,30H2,1-5H3,(H,31,34). The lowest BCUT2D eigenvalue weighted by atomic mass is 9.78. The van der Waals surface area contributed by atoms with Crippen LogP contribution in [0.4, 0.5) is 0 Å². The van der Waals surface area contributed by atoms with E-state index in [2.05, 4.69) is 35.3 Å². The van der Waals surface area contributed by atoms with Crippen LogP contribution in [0.3, 0.4) is 0 Å². The number of nitrogens with zero attached hydrogens (tertiary/aromatic N) is 2. The average Bonchev–Trinajstić information content (AvgIpc) is 3.16. The molecule has 204 valence electrons. The van der Waals surface area contributed by atoms with Gasteiger partial charge in [-0.2, -0.15) is 12.7 Å². The Morgan fingerprint density at radius 1 is 1.13 bits per heavy atom. The molecule has 0 radical (unpaired) electrons. The first kappa shape index (κ1) is 26.7. The summed E-state index contributed by atoms with van der Waals surface area (Å²) in [7, 11) is 0.541. The summed E-state index contributed by atoms with van der Waals surface area (Å²) < 4.78 is 35.7. The number of fused-ring (bicyclic) bond motifs is 5. The third kappa shape index (κ3) is 4.50. The molecule has 3 aromatic rings. The number of ether oxygens (including phenoxy) is 1. The number of carbonyl (C=O) groups is 1. The normalized spacial score (nSPS) is 22.1. The maximum Gasteiger partial charge on any atom is 0.303 e. The lowest BCUT2D eigenvalue weighted by molar-refractivity contribution is 0.0980. The molecule has 9 heteroatoms. The van der Waals surface area contributed by atoms with Crippen molar-refractivity contribution in [2.24, 2.45) is 5.73 Å². The zero-order valence-electron chi connectivity index (χ0n) is 22.9. The van der Waals surface area contributed by atoms with Crippen molar-refractivity contribution in [2.75, 3.05) is 21.2 Å². The van der Waals surface area contributed by atoms with Crippen LogP contribution in [-0.2, 0) is 16.8 Å². The summed E-state index contributed by atoms with van der Waals surface area (Å²) in [5.41, 5.74) is 12.4. The van der Waals surface area contributed by atoms with Crippen molar-refractivity contribution in [3.8, 4) is 17.0 Å². The van der Waals surface area contributed by atoms with Crippen LogP contribution in [0.15, 0.2) is 36.4 Å². The summed E-state index contributed by atoms with van der Waals surface area (Å²) >= 11 is 0. The summed E-state index contributed by atoms with van der Waals surface area (Å²) in [6.07, 6.45) is 5.88. The van der Waals surface area contributed by atoms with Gasteiger partial charge in [0.1, 0.15) is 5.75 Å². The summed E-state index contributed by atoms with van der Waals surface area (Å²) in [6.45, 7) is 4.80. The summed E-state index contributed by atoms with van der Waals surface area (Å²) in [5, 5.41) is 1.10. The van der Waals surface area contributed by atoms with E-state index < -0.39 is 21.7 Å². The Labute approximate surface area is 225 Å². The molecule has 0 saturated heterocycles. The number of benzene rings is 2. The third-order valence-electron chi connectivity index (χ3n) is 8.55. The van der Waals surface area contributed by atoms with Gasteiger partial charge in [-0.1, -0.05) is 32.3 Å². The Morgan fingerprint density at radius 3 is 2.50 bits per heavy atom. The van der Waals surface area contributed by atoms with E-state index in [0.29, 0.717) is 18.0 Å². The molecule has 38 heavy (non-hydrogen) atoms. The predicted octanol–water partition coefficient (Wildman–Crippen LogP) is 4.74. The van der Waals surface area contributed by atoms with E-state index in [9.17, 15) is 13.2 Å². The van der Waals surface area contributed by atoms with Gasteiger partial charge in [0.2, 0.25) is 0 Å². The van der Waals surface area contributed by atoms with Crippen molar-refractivity contribution in [1.29, 1.82) is 0 Å². The van der Waals surface area contributed by atoms with Crippen LogP contribution in [0.25, 0.3) is 22.2 Å². The average molecular weight is 539 g/mol. The fraction of sp³-hybridized carbons (Fsp3) is 0.483. The minimum Gasteiger partial charge on any atom is -0.497 e. The number of amides is 1. The maximum atomic E-state index is 13.0.